The van der Waals surface area contributed by atoms with Crippen molar-refractivity contribution in [2.45, 2.75) is 0 Å². The zero-order chi connectivity index (χ0) is 13.5. The molecule has 1 unspecified atom stereocenters. The Morgan fingerprint density at radius 2 is 1.89 bits per heavy atom. The summed E-state index contributed by atoms with van der Waals surface area (Å²) in [5.41, 5.74) is 2.34. The number of aromatic nitrogens is 1. The van der Waals surface area contributed by atoms with Gasteiger partial charge in [0.2, 0.25) is 0 Å². The second kappa shape index (κ2) is 4.56. The number of nitrogens with two attached hydrogens (primary N) is 1. The second-order valence-corrected chi connectivity index (χ2v) is 6.72. The molecule has 19 heavy (non-hydrogen) atoms. The number of para-hydroxylation sites is 1. The van der Waals surface area contributed by atoms with Crippen molar-refractivity contribution in [1.29, 1.82) is 0 Å². The van der Waals surface area contributed by atoms with Crippen LogP contribution in [-0.4, -0.2) is 45.5 Å². The van der Waals surface area contributed by atoms with E-state index < -0.39 is 9.89 Å². The summed E-state index contributed by atoms with van der Waals surface area (Å²) in [5, 5.41) is 6.80. The van der Waals surface area contributed by atoms with Crippen LogP contribution in [0.15, 0.2) is 30.5 Å². The van der Waals surface area contributed by atoms with Gasteiger partial charge < -0.3 is 9.88 Å². The highest BCUT2D eigenvalue weighted by atomic mass is 32.2. The first-order valence-corrected chi connectivity index (χ1v) is 8.01. The molecule has 2 aromatic rings. The van der Waals surface area contributed by atoms with Gasteiger partial charge in [0.05, 0.1) is 15.6 Å². The molecule has 2 heterocycles. The number of nitrogens with zero attached hydrogens (tertiary/aromatic N) is 2. The Morgan fingerprint density at radius 3 is 2.58 bits per heavy atom. The van der Waals surface area contributed by atoms with Crippen molar-refractivity contribution >= 4 is 32.4 Å². The van der Waals surface area contributed by atoms with Crippen LogP contribution in [0, 0.1) is 0 Å². The van der Waals surface area contributed by atoms with E-state index in [0.29, 0.717) is 13.1 Å². The van der Waals surface area contributed by atoms with Crippen molar-refractivity contribution in [3.05, 3.63) is 30.5 Å². The third-order valence-corrected chi connectivity index (χ3v) is 4.82. The SMILES string of the molecule is C=S(N)(=O)N1CCN(c2c[nH]c3ccccc23)CC1. The van der Waals surface area contributed by atoms with Gasteiger partial charge in [-0.25, -0.2) is 13.7 Å². The molecule has 1 aromatic carbocycles. The topological polar surface area (TPSA) is 65.4 Å². The predicted molar refractivity (Wildman–Crippen MR) is 81.5 cm³/mol. The van der Waals surface area contributed by atoms with Crippen LogP contribution in [-0.2, 0) is 9.89 Å². The highest BCUT2D eigenvalue weighted by Gasteiger charge is 2.22. The summed E-state index contributed by atoms with van der Waals surface area (Å²) < 4.78 is 13.5. The molecule has 3 N–H and O–H groups in total. The summed E-state index contributed by atoms with van der Waals surface area (Å²) in [7, 11) is -2.56. The van der Waals surface area contributed by atoms with Gasteiger partial charge in [-0.15, -0.1) is 0 Å². The molecule has 0 amide bonds. The molecule has 3 rings (SSSR count). The lowest BCUT2D eigenvalue weighted by Gasteiger charge is -2.35. The van der Waals surface area contributed by atoms with Gasteiger partial charge in [0, 0.05) is 43.3 Å². The van der Waals surface area contributed by atoms with Gasteiger partial charge in [-0.3, -0.25) is 0 Å². The van der Waals surface area contributed by atoms with Gasteiger partial charge in [-0.05, 0) is 11.9 Å². The van der Waals surface area contributed by atoms with Crippen molar-refractivity contribution in [2.75, 3.05) is 31.1 Å². The van der Waals surface area contributed by atoms with E-state index in [2.05, 4.69) is 27.9 Å². The Morgan fingerprint density at radius 1 is 1.21 bits per heavy atom. The summed E-state index contributed by atoms with van der Waals surface area (Å²) in [6, 6.07) is 8.24. The number of piperazine rings is 1. The Hall–Kier alpha value is -1.50. The Balaban J connectivity index is 1.82. The summed E-state index contributed by atoms with van der Waals surface area (Å²) >= 11 is 0. The molecule has 1 aromatic heterocycles. The fraction of sp³-hybridized carbons (Fsp3) is 0.308. The first-order chi connectivity index (χ1) is 9.05. The lowest BCUT2D eigenvalue weighted by molar-refractivity contribution is 0.409. The van der Waals surface area contributed by atoms with E-state index in [0.717, 1.165) is 18.6 Å². The first kappa shape index (κ1) is 12.5. The van der Waals surface area contributed by atoms with Crippen LogP contribution in [0.5, 0.6) is 0 Å². The molecule has 1 aliphatic rings. The molecule has 6 heteroatoms. The summed E-state index contributed by atoms with van der Waals surface area (Å²) in [4.78, 5) is 5.57. The van der Waals surface area contributed by atoms with Crippen LogP contribution >= 0.6 is 0 Å². The quantitative estimate of drug-likeness (QED) is 0.798. The van der Waals surface area contributed by atoms with Crippen LogP contribution in [0.3, 0.4) is 0 Å². The molecular formula is C13H18N4OS. The van der Waals surface area contributed by atoms with Crippen molar-refractivity contribution in [3.63, 3.8) is 0 Å². The lowest BCUT2D eigenvalue weighted by Crippen LogP contribution is -2.50. The third kappa shape index (κ3) is 2.34. The minimum Gasteiger partial charge on any atom is -0.367 e. The van der Waals surface area contributed by atoms with E-state index >= 15 is 0 Å². The van der Waals surface area contributed by atoms with E-state index in [1.165, 1.54) is 11.1 Å². The molecule has 102 valence electrons. The van der Waals surface area contributed by atoms with Crippen LogP contribution in [0.2, 0.25) is 0 Å². The summed E-state index contributed by atoms with van der Waals surface area (Å²) in [5.74, 6) is 3.54. The zero-order valence-electron chi connectivity index (χ0n) is 10.7. The van der Waals surface area contributed by atoms with Gasteiger partial charge >= 0.3 is 0 Å². The molecule has 0 spiro atoms. The number of anilines is 1. The average Bonchev–Trinajstić information content (AvgIpc) is 2.82. The van der Waals surface area contributed by atoms with E-state index in [4.69, 9.17) is 5.14 Å². The monoisotopic (exact) mass is 278 g/mol. The third-order valence-electron chi connectivity index (χ3n) is 3.58. The number of nitrogens with one attached hydrogen (secondary N) is 1. The summed E-state index contributed by atoms with van der Waals surface area (Å²) in [6.07, 6.45) is 2.03. The summed E-state index contributed by atoms with van der Waals surface area (Å²) in [6.45, 7) is 2.98. The fourth-order valence-electron chi connectivity index (χ4n) is 2.56. The normalized spacial score (nSPS) is 20.6. The highest BCUT2D eigenvalue weighted by Crippen LogP contribution is 2.27. The maximum Gasteiger partial charge on any atom is 0.0852 e. The second-order valence-electron chi connectivity index (χ2n) is 4.83. The van der Waals surface area contributed by atoms with Crippen molar-refractivity contribution in [2.24, 2.45) is 5.14 Å². The zero-order valence-corrected chi connectivity index (χ0v) is 11.5. The minimum atomic E-state index is -2.56. The van der Waals surface area contributed by atoms with Gasteiger partial charge in [0.1, 0.15) is 0 Å². The molecule has 0 radical (unpaired) electrons. The molecule has 1 saturated heterocycles. The number of H-pyrrole nitrogens is 1. The molecule has 1 fully saturated rings. The molecule has 0 saturated carbocycles. The standard InChI is InChI=1S/C13H18N4OS/c1-19(14,18)17-8-6-16(7-9-17)13-10-15-12-5-3-2-4-11(12)13/h2-5,10,15H,1,6-9H2,(H2,14,18). The fourth-order valence-corrected chi connectivity index (χ4v) is 3.34. The van der Waals surface area contributed by atoms with Crippen molar-refractivity contribution < 1.29 is 4.21 Å². The van der Waals surface area contributed by atoms with Gasteiger partial charge in [-0.1, -0.05) is 18.2 Å². The van der Waals surface area contributed by atoms with Crippen LogP contribution < -0.4 is 10.0 Å². The van der Waals surface area contributed by atoms with Crippen molar-refractivity contribution in [1.82, 2.24) is 9.29 Å². The number of benzene rings is 1. The molecule has 0 bridgehead atoms. The Labute approximate surface area is 113 Å². The largest absolute Gasteiger partial charge is 0.367 e. The van der Waals surface area contributed by atoms with E-state index in [1.807, 2.05) is 18.3 Å². The maximum absolute atomic E-state index is 11.7. The predicted octanol–water partition coefficient (Wildman–Crippen LogP) is 0.795. The Kier molecular flexibility index (Phi) is 3.00. The average molecular weight is 278 g/mol. The Bertz CT molecular complexity index is 683. The van der Waals surface area contributed by atoms with Crippen LogP contribution in [0.1, 0.15) is 0 Å². The number of rotatable bonds is 2. The van der Waals surface area contributed by atoms with Gasteiger partial charge in [0.15, 0.2) is 0 Å². The number of hydrogen-bond donors (Lipinski definition) is 2. The van der Waals surface area contributed by atoms with E-state index in [9.17, 15) is 4.21 Å². The van der Waals surface area contributed by atoms with E-state index in [-0.39, 0.29) is 0 Å². The van der Waals surface area contributed by atoms with Crippen molar-refractivity contribution in [3.8, 4) is 0 Å². The highest BCUT2D eigenvalue weighted by molar-refractivity contribution is 7.96. The number of fused-ring (bicyclic) bond motifs is 1. The van der Waals surface area contributed by atoms with Crippen LogP contribution in [0.25, 0.3) is 10.9 Å². The van der Waals surface area contributed by atoms with Gasteiger partial charge in [0.25, 0.3) is 0 Å². The molecule has 1 atom stereocenters. The smallest absolute Gasteiger partial charge is 0.0852 e. The molecule has 1 aliphatic heterocycles. The van der Waals surface area contributed by atoms with Gasteiger partial charge in [-0.2, -0.15) is 0 Å². The maximum atomic E-state index is 11.7. The molecule has 0 aliphatic carbocycles. The van der Waals surface area contributed by atoms with Crippen LogP contribution in [0.4, 0.5) is 5.69 Å². The molecule has 5 nitrogen and oxygen atoms in total. The molecular weight excluding hydrogens is 260 g/mol. The number of aromatic amines is 1. The number of hydrogen-bond acceptors (Lipinski definition) is 2. The van der Waals surface area contributed by atoms with E-state index in [1.54, 1.807) is 4.31 Å². The lowest BCUT2D eigenvalue weighted by atomic mass is 10.2. The first-order valence-electron chi connectivity index (χ1n) is 6.27. The minimum absolute atomic E-state index is 0.679.